The molecule has 3 N–H and O–H groups in total. The van der Waals surface area contributed by atoms with E-state index in [-0.39, 0.29) is 52.3 Å². The molecular weight excluding hydrogens is 401 g/mol. The molecule has 1 amide bonds. The topological polar surface area (TPSA) is 115 Å². The number of primary amides is 1. The van der Waals surface area contributed by atoms with E-state index in [0.717, 1.165) is 0 Å². The van der Waals surface area contributed by atoms with Crippen LogP contribution in [0.15, 0.2) is 41.4 Å². The minimum absolute atomic E-state index is 0. The van der Waals surface area contributed by atoms with E-state index in [1.54, 1.807) is 18.2 Å². The quantitative estimate of drug-likeness (QED) is 0.708. The van der Waals surface area contributed by atoms with Crippen LogP contribution in [0.2, 0.25) is 5.02 Å². The zero-order valence-corrected chi connectivity index (χ0v) is 16.3. The van der Waals surface area contributed by atoms with Gasteiger partial charge in [0.2, 0.25) is 0 Å². The van der Waals surface area contributed by atoms with Crippen molar-refractivity contribution in [2.75, 3.05) is 19.5 Å². The standard InChI is InChI=1S/C16H18ClN3O4S.ClH/c1-24-6-7-25(22,23)14-5-3-2-4-11(14)9-20-10-12(17)8-13(15(20)18)16(19)21;/h2-5,8,10,18H,6-7,9H2,1H3,(H2,19,21);1H. The van der Waals surface area contributed by atoms with Crippen LogP contribution in [0.4, 0.5) is 0 Å². The number of halogens is 2. The van der Waals surface area contributed by atoms with Crippen molar-refractivity contribution in [3.63, 3.8) is 0 Å². The van der Waals surface area contributed by atoms with Gasteiger partial charge >= 0.3 is 0 Å². The molecular formula is C16H19Cl2N3O4S. The summed E-state index contributed by atoms with van der Waals surface area (Å²) in [6.45, 7) is 0.137. The monoisotopic (exact) mass is 419 g/mol. The average Bonchev–Trinajstić information content (AvgIpc) is 2.56. The van der Waals surface area contributed by atoms with E-state index in [1.165, 1.54) is 30.0 Å². The Kier molecular flexibility index (Phi) is 7.83. The Hall–Kier alpha value is -1.87. The third-order valence-electron chi connectivity index (χ3n) is 3.57. The molecule has 2 aromatic rings. The maximum atomic E-state index is 12.5. The maximum Gasteiger partial charge on any atom is 0.252 e. The lowest BCUT2D eigenvalue weighted by Gasteiger charge is -2.14. The Balaban J connectivity index is 0.00000338. The van der Waals surface area contributed by atoms with Gasteiger partial charge in [0.15, 0.2) is 9.84 Å². The molecule has 7 nitrogen and oxygen atoms in total. The summed E-state index contributed by atoms with van der Waals surface area (Å²) in [6, 6.07) is 7.79. The van der Waals surface area contributed by atoms with Crippen LogP contribution in [0.5, 0.6) is 0 Å². The van der Waals surface area contributed by atoms with E-state index in [4.69, 9.17) is 27.5 Å². The first-order valence-electron chi connectivity index (χ1n) is 7.30. The first-order valence-corrected chi connectivity index (χ1v) is 9.33. The predicted molar refractivity (Wildman–Crippen MR) is 101 cm³/mol. The Morgan fingerprint density at radius 1 is 1.35 bits per heavy atom. The van der Waals surface area contributed by atoms with Gasteiger partial charge in [0.1, 0.15) is 5.49 Å². The fourth-order valence-corrected chi connectivity index (χ4v) is 4.00. The molecule has 0 radical (unpaired) electrons. The number of aromatic nitrogens is 1. The van der Waals surface area contributed by atoms with E-state index in [2.05, 4.69) is 0 Å². The second kappa shape index (κ2) is 9.18. The Labute approximate surface area is 162 Å². The van der Waals surface area contributed by atoms with Gasteiger partial charge in [-0.15, -0.1) is 12.4 Å². The molecule has 0 atom stereocenters. The average molecular weight is 420 g/mol. The lowest BCUT2D eigenvalue weighted by molar-refractivity contribution is 0.0997. The number of rotatable bonds is 7. The van der Waals surface area contributed by atoms with Crippen molar-refractivity contribution >= 4 is 39.8 Å². The van der Waals surface area contributed by atoms with Crippen LogP contribution in [-0.4, -0.2) is 38.4 Å². The second-order valence-corrected chi connectivity index (χ2v) is 7.85. The molecule has 0 spiro atoms. The lowest BCUT2D eigenvalue weighted by Crippen LogP contribution is -2.30. The Bertz CT molecular complexity index is 958. The van der Waals surface area contributed by atoms with Gasteiger partial charge in [-0.2, -0.15) is 0 Å². The van der Waals surface area contributed by atoms with Crippen molar-refractivity contribution in [1.82, 2.24) is 4.57 Å². The summed E-state index contributed by atoms with van der Waals surface area (Å²) in [5.41, 5.74) is 5.57. The van der Waals surface area contributed by atoms with E-state index >= 15 is 0 Å². The molecule has 0 aliphatic rings. The molecule has 2 rings (SSSR count). The van der Waals surface area contributed by atoms with Crippen molar-refractivity contribution in [2.24, 2.45) is 5.73 Å². The normalized spacial score (nSPS) is 11.0. The number of hydrogen-bond acceptors (Lipinski definition) is 5. The molecule has 1 aromatic carbocycles. The lowest BCUT2D eigenvalue weighted by atomic mass is 10.2. The highest BCUT2D eigenvalue weighted by molar-refractivity contribution is 7.91. The highest BCUT2D eigenvalue weighted by Gasteiger charge is 2.19. The van der Waals surface area contributed by atoms with Crippen LogP contribution in [0.1, 0.15) is 15.9 Å². The molecule has 10 heteroatoms. The Morgan fingerprint density at radius 3 is 2.62 bits per heavy atom. The molecule has 0 aliphatic carbocycles. The number of ether oxygens (including phenoxy) is 1. The van der Waals surface area contributed by atoms with E-state index in [1.807, 2.05) is 0 Å². The number of nitrogens with one attached hydrogen (secondary N) is 1. The number of sulfone groups is 1. The zero-order chi connectivity index (χ0) is 18.6. The van der Waals surface area contributed by atoms with Gasteiger partial charge < -0.3 is 15.0 Å². The van der Waals surface area contributed by atoms with Crippen LogP contribution < -0.4 is 11.2 Å². The Morgan fingerprint density at radius 2 is 2.00 bits per heavy atom. The highest BCUT2D eigenvalue weighted by Crippen LogP contribution is 2.19. The number of amides is 1. The minimum atomic E-state index is -3.55. The van der Waals surface area contributed by atoms with Gasteiger partial charge in [-0.05, 0) is 17.7 Å². The predicted octanol–water partition coefficient (Wildman–Crippen LogP) is 1.61. The minimum Gasteiger partial charge on any atom is -0.384 e. The number of hydrogen-bond donors (Lipinski definition) is 2. The molecule has 0 saturated heterocycles. The fourth-order valence-electron chi connectivity index (χ4n) is 2.35. The van der Waals surface area contributed by atoms with Crippen LogP contribution in [0.3, 0.4) is 0 Å². The molecule has 0 unspecified atom stereocenters. The third-order valence-corrected chi connectivity index (χ3v) is 5.55. The number of benzene rings is 1. The molecule has 0 bridgehead atoms. The summed E-state index contributed by atoms with van der Waals surface area (Å²) >= 11 is 5.98. The molecule has 26 heavy (non-hydrogen) atoms. The van der Waals surface area contributed by atoms with Gasteiger partial charge in [0.05, 0.1) is 34.4 Å². The number of methoxy groups -OCH3 is 1. The van der Waals surface area contributed by atoms with Crippen molar-refractivity contribution in [3.05, 3.63) is 58.2 Å². The summed E-state index contributed by atoms with van der Waals surface area (Å²) in [5, 5.41) is 8.32. The second-order valence-electron chi connectivity index (χ2n) is 5.33. The molecule has 142 valence electrons. The van der Waals surface area contributed by atoms with Gasteiger partial charge in [-0.3, -0.25) is 10.2 Å². The number of nitrogens with two attached hydrogens (primary N) is 1. The fraction of sp³-hybridized carbons (Fsp3) is 0.250. The molecule has 0 fully saturated rings. The first-order chi connectivity index (χ1) is 11.8. The summed E-state index contributed by atoms with van der Waals surface area (Å²) in [7, 11) is -2.12. The molecule has 1 aromatic heterocycles. The number of pyridine rings is 1. The smallest absolute Gasteiger partial charge is 0.252 e. The maximum absolute atomic E-state index is 12.5. The summed E-state index contributed by atoms with van der Waals surface area (Å²) in [4.78, 5) is 11.6. The first kappa shape index (κ1) is 22.2. The SMILES string of the molecule is COCCS(=O)(=O)c1ccccc1Cn1cc(Cl)cc(C(N)=O)c1=N.Cl. The van der Waals surface area contributed by atoms with E-state index < -0.39 is 15.7 Å². The summed E-state index contributed by atoms with van der Waals surface area (Å²) in [5.74, 6) is -0.927. The van der Waals surface area contributed by atoms with Crippen LogP contribution >= 0.6 is 24.0 Å². The van der Waals surface area contributed by atoms with Crippen LogP contribution in [0, 0.1) is 5.41 Å². The van der Waals surface area contributed by atoms with Crippen LogP contribution in [0.25, 0.3) is 0 Å². The van der Waals surface area contributed by atoms with E-state index in [9.17, 15) is 13.2 Å². The van der Waals surface area contributed by atoms with Gasteiger partial charge in [0, 0.05) is 13.3 Å². The zero-order valence-electron chi connectivity index (χ0n) is 13.9. The number of carbonyl (C=O) groups excluding carboxylic acids is 1. The molecule has 0 aliphatic heterocycles. The van der Waals surface area contributed by atoms with Gasteiger partial charge in [-0.25, -0.2) is 8.42 Å². The molecule has 0 saturated carbocycles. The highest BCUT2D eigenvalue weighted by atomic mass is 35.5. The number of carbonyl (C=O) groups is 1. The van der Waals surface area contributed by atoms with Crippen molar-refractivity contribution in [1.29, 1.82) is 5.41 Å². The van der Waals surface area contributed by atoms with Crippen LogP contribution in [-0.2, 0) is 21.1 Å². The summed E-state index contributed by atoms with van der Waals surface area (Å²) < 4.78 is 31.2. The molecule has 1 heterocycles. The van der Waals surface area contributed by atoms with Crippen molar-refractivity contribution in [3.8, 4) is 0 Å². The van der Waals surface area contributed by atoms with Gasteiger partial charge in [-0.1, -0.05) is 29.8 Å². The largest absolute Gasteiger partial charge is 0.384 e. The van der Waals surface area contributed by atoms with Gasteiger partial charge in [0.25, 0.3) is 5.91 Å². The summed E-state index contributed by atoms with van der Waals surface area (Å²) in [6.07, 6.45) is 1.45. The van der Waals surface area contributed by atoms with Crippen molar-refractivity contribution < 1.29 is 17.9 Å². The third kappa shape index (κ3) is 5.07. The number of nitrogens with zero attached hydrogens (tertiary/aromatic N) is 1. The van der Waals surface area contributed by atoms with Crippen molar-refractivity contribution in [2.45, 2.75) is 11.4 Å². The van der Waals surface area contributed by atoms with E-state index in [0.29, 0.717) is 5.56 Å².